The SMILES string of the molecule is O=C(Nc1cccc(CNCc2ccon2)c1)C(F)(F)F. The maximum absolute atomic E-state index is 12.2. The number of nitrogens with zero attached hydrogens (tertiary/aromatic N) is 1. The van der Waals surface area contributed by atoms with Crippen LogP contribution >= 0.6 is 0 Å². The van der Waals surface area contributed by atoms with Crippen LogP contribution in [0.1, 0.15) is 11.3 Å². The second-order valence-electron chi connectivity index (χ2n) is 4.25. The molecule has 0 atom stereocenters. The third-order valence-electron chi connectivity index (χ3n) is 2.57. The number of carbonyl (C=O) groups excluding carboxylic acids is 1. The Balaban J connectivity index is 1.90. The molecule has 2 aromatic rings. The van der Waals surface area contributed by atoms with Gasteiger partial charge >= 0.3 is 12.1 Å². The third kappa shape index (κ3) is 4.60. The number of nitrogens with one attached hydrogen (secondary N) is 2. The van der Waals surface area contributed by atoms with Gasteiger partial charge in [0.05, 0.1) is 5.69 Å². The van der Waals surface area contributed by atoms with Gasteiger partial charge in [-0.25, -0.2) is 0 Å². The summed E-state index contributed by atoms with van der Waals surface area (Å²) in [7, 11) is 0. The largest absolute Gasteiger partial charge is 0.471 e. The van der Waals surface area contributed by atoms with E-state index in [1.54, 1.807) is 18.2 Å². The van der Waals surface area contributed by atoms with Crippen molar-refractivity contribution in [1.29, 1.82) is 0 Å². The number of rotatable bonds is 5. The lowest BCUT2D eigenvalue weighted by Crippen LogP contribution is -2.29. The smallest absolute Gasteiger partial charge is 0.364 e. The fourth-order valence-corrected chi connectivity index (χ4v) is 1.62. The first kappa shape index (κ1) is 15.0. The van der Waals surface area contributed by atoms with Gasteiger partial charge < -0.3 is 15.2 Å². The fraction of sp³-hybridized carbons (Fsp3) is 0.231. The molecule has 0 fully saturated rings. The molecule has 1 amide bonds. The van der Waals surface area contributed by atoms with E-state index in [2.05, 4.69) is 15.0 Å². The van der Waals surface area contributed by atoms with Gasteiger partial charge in [0.2, 0.25) is 0 Å². The first-order valence-electron chi connectivity index (χ1n) is 6.02. The number of alkyl halides is 3. The van der Waals surface area contributed by atoms with E-state index >= 15 is 0 Å². The predicted octanol–water partition coefficient (Wildman–Crippen LogP) is 2.47. The Bertz CT molecular complexity index is 597. The Labute approximate surface area is 118 Å². The maximum Gasteiger partial charge on any atom is 0.471 e. The number of carbonyl (C=O) groups is 1. The second kappa shape index (κ2) is 6.40. The summed E-state index contributed by atoms with van der Waals surface area (Å²) in [6.07, 6.45) is -3.45. The van der Waals surface area contributed by atoms with Crippen molar-refractivity contribution in [3.05, 3.63) is 47.9 Å². The number of amides is 1. The Morgan fingerprint density at radius 1 is 1.24 bits per heavy atom. The molecule has 8 heteroatoms. The average Bonchev–Trinajstić information content (AvgIpc) is 2.91. The second-order valence-corrected chi connectivity index (χ2v) is 4.25. The van der Waals surface area contributed by atoms with Crippen LogP contribution in [0.3, 0.4) is 0 Å². The molecule has 2 rings (SSSR count). The molecule has 1 aromatic heterocycles. The monoisotopic (exact) mass is 299 g/mol. The summed E-state index contributed by atoms with van der Waals surface area (Å²) in [5, 5.41) is 8.58. The summed E-state index contributed by atoms with van der Waals surface area (Å²) in [5.74, 6) is -1.99. The summed E-state index contributed by atoms with van der Waals surface area (Å²) in [6, 6.07) is 7.87. The van der Waals surface area contributed by atoms with E-state index < -0.39 is 12.1 Å². The van der Waals surface area contributed by atoms with E-state index in [9.17, 15) is 18.0 Å². The van der Waals surface area contributed by atoms with Gasteiger partial charge in [0.25, 0.3) is 0 Å². The van der Waals surface area contributed by atoms with Gasteiger partial charge in [0, 0.05) is 24.8 Å². The topological polar surface area (TPSA) is 67.2 Å². The molecule has 0 saturated heterocycles. The first-order chi connectivity index (χ1) is 9.95. The lowest BCUT2D eigenvalue weighted by molar-refractivity contribution is -0.167. The lowest BCUT2D eigenvalue weighted by atomic mass is 10.2. The zero-order valence-corrected chi connectivity index (χ0v) is 10.8. The molecule has 21 heavy (non-hydrogen) atoms. The summed E-state index contributed by atoms with van der Waals surface area (Å²) >= 11 is 0. The number of hydrogen-bond acceptors (Lipinski definition) is 4. The molecule has 112 valence electrons. The molecule has 0 unspecified atom stereocenters. The Morgan fingerprint density at radius 3 is 2.71 bits per heavy atom. The van der Waals surface area contributed by atoms with Crippen LogP contribution in [0.5, 0.6) is 0 Å². The Hall–Kier alpha value is -2.35. The molecule has 0 aliphatic rings. The molecule has 1 heterocycles. The minimum absolute atomic E-state index is 0.0954. The summed E-state index contributed by atoms with van der Waals surface area (Å²) < 4.78 is 41.1. The van der Waals surface area contributed by atoms with Gasteiger partial charge in [-0.1, -0.05) is 17.3 Å². The maximum atomic E-state index is 12.2. The van der Waals surface area contributed by atoms with Crippen molar-refractivity contribution >= 4 is 11.6 Å². The van der Waals surface area contributed by atoms with Crippen LogP contribution in [0.15, 0.2) is 41.1 Å². The molecule has 0 radical (unpaired) electrons. The minimum atomic E-state index is -4.90. The standard InChI is InChI=1S/C13H12F3N3O2/c14-13(15,16)12(20)18-10-3-1-2-9(6-10)7-17-8-11-4-5-21-19-11/h1-6,17H,7-8H2,(H,18,20). The van der Waals surface area contributed by atoms with Crippen molar-refractivity contribution in [2.24, 2.45) is 0 Å². The summed E-state index contributed by atoms with van der Waals surface area (Å²) in [6.45, 7) is 0.887. The van der Waals surface area contributed by atoms with Crippen LogP contribution in [0, 0.1) is 0 Å². The number of benzene rings is 1. The number of aromatic nitrogens is 1. The van der Waals surface area contributed by atoms with Crippen LogP contribution in [0.25, 0.3) is 0 Å². The van der Waals surface area contributed by atoms with E-state index in [1.165, 1.54) is 18.4 Å². The van der Waals surface area contributed by atoms with Gasteiger partial charge in [0.1, 0.15) is 6.26 Å². The zero-order chi connectivity index (χ0) is 15.3. The highest BCUT2D eigenvalue weighted by atomic mass is 19.4. The van der Waals surface area contributed by atoms with Gasteiger partial charge in [-0.3, -0.25) is 4.79 Å². The molecule has 5 nitrogen and oxygen atoms in total. The minimum Gasteiger partial charge on any atom is -0.364 e. The molecule has 0 bridgehead atoms. The van der Waals surface area contributed by atoms with Crippen molar-refractivity contribution in [1.82, 2.24) is 10.5 Å². The lowest BCUT2D eigenvalue weighted by Gasteiger charge is -2.09. The van der Waals surface area contributed by atoms with Crippen molar-refractivity contribution < 1.29 is 22.5 Å². The molecule has 2 N–H and O–H groups in total. The molecular weight excluding hydrogens is 287 g/mol. The van der Waals surface area contributed by atoms with E-state index in [4.69, 9.17) is 0 Å². The van der Waals surface area contributed by atoms with E-state index in [1.807, 2.05) is 5.32 Å². The molecule has 0 spiro atoms. The predicted molar refractivity (Wildman–Crippen MR) is 68.2 cm³/mol. The highest BCUT2D eigenvalue weighted by molar-refractivity contribution is 5.94. The van der Waals surface area contributed by atoms with Crippen LogP contribution in [0.4, 0.5) is 18.9 Å². The highest BCUT2D eigenvalue weighted by Gasteiger charge is 2.38. The van der Waals surface area contributed by atoms with Crippen molar-refractivity contribution in [3.8, 4) is 0 Å². The average molecular weight is 299 g/mol. The van der Waals surface area contributed by atoms with Crippen LogP contribution in [-0.2, 0) is 17.9 Å². The van der Waals surface area contributed by atoms with Gasteiger partial charge in [-0.2, -0.15) is 13.2 Å². The van der Waals surface area contributed by atoms with Crippen molar-refractivity contribution in [2.45, 2.75) is 19.3 Å². The zero-order valence-electron chi connectivity index (χ0n) is 10.8. The third-order valence-corrected chi connectivity index (χ3v) is 2.57. The number of anilines is 1. The van der Waals surface area contributed by atoms with E-state index in [0.29, 0.717) is 13.1 Å². The Morgan fingerprint density at radius 2 is 2.05 bits per heavy atom. The summed E-state index contributed by atoms with van der Waals surface area (Å²) in [5.41, 5.74) is 1.55. The summed E-state index contributed by atoms with van der Waals surface area (Å²) in [4.78, 5) is 10.8. The Kier molecular flexibility index (Phi) is 4.59. The van der Waals surface area contributed by atoms with Crippen molar-refractivity contribution in [3.63, 3.8) is 0 Å². The van der Waals surface area contributed by atoms with Crippen LogP contribution < -0.4 is 10.6 Å². The van der Waals surface area contributed by atoms with Crippen LogP contribution in [-0.4, -0.2) is 17.2 Å². The van der Waals surface area contributed by atoms with Crippen LogP contribution in [0.2, 0.25) is 0 Å². The van der Waals surface area contributed by atoms with Gasteiger partial charge in [0.15, 0.2) is 0 Å². The normalized spacial score (nSPS) is 11.4. The number of hydrogen-bond donors (Lipinski definition) is 2. The molecular formula is C13H12F3N3O2. The number of halogens is 3. The fourth-order valence-electron chi connectivity index (χ4n) is 1.62. The quantitative estimate of drug-likeness (QED) is 0.890. The molecule has 0 aliphatic heterocycles. The molecule has 0 saturated carbocycles. The van der Waals surface area contributed by atoms with Crippen molar-refractivity contribution in [2.75, 3.05) is 5.32 Å². The first-order valence-corrected chi connectivity index (χ1v) is 6.02. The van der Waals surface area contributed by atoms with Gasteiger partial charge in [-0.15, -0.1) is 0 Å². The van der Waals surface area contributed by atoms with E-state index in [0.717, 1.165) is 11.3 Å². The molecule has 1 aromatic carbocycles. The van der Waals surface area contributed by atoms with Gasteiger partial charge in [-0.05, 0) is 17.7 Å². The molecule has 0 aliphatic carbocycles. The highest BCUT2D eigenvalue weighted by Crippen LogP contribution is 2.18. The van der Waals surface area contributed by atoms with E-state index in [-0.39, 0.29) is 5.69 Å².